The van der Waals surface area contributed by atoms with Crippen LogP contribution in [0.25, 0.3) is 0 Å². The molecule has 12 nitrogen and oxygen atoms in total. The molecule has 0 spiro atoms. The minimum atomic E-state index is -5.16. The first-order valence-electron chi connectivity index (χ1n) is 3.42. The minimum Gasteiger partial charge on any atom is -0.724 e. The molecule has 0 fully saturated rings. The van der Waals surface area contributed by atoms with Gasteiger partial charge in [-0.3, -0.25) is 5.32 Å². The largest absolute Gasteiger partial charge is 0.724 e. The molecule has 1 aliphatic rings. The van der Waals surface area contributed by atoms with Crippen LogP contribution in [-0.2, 0) is 14.7 Å². The van der Waals surface area contributed by atoms with Gasteiger partial charge in [-0.2, -0.15) is 9.35 Å². The third kappa shape index (κ3) is 4.02. The molecule has 0 saturated heterocycles. The lowest BCUT2D eigenvalue weighted by atomic mass is 10.3. The van der Waals surface area contributed by atoms with Gasteiger partial charge < -0.3 is 32.1 Å². The zero-order valence-corrected chi connectivity index (χ0v) is 8.89. The first-order chi connectivity index (χ1) is 6.72. The summed E-state index contributed by atoms with van der Waals surface area (Å²) in [5.41, 5.74) is 9.92. The van der Waals surface area contributed by atoms with Crippen LogP contribution in [0.3, 0.4) is 0 Å². The molecule has 10 N–H and O–H groups in total. The van der Waals surface area contributed by atoms with Crippen molar-refractivity contribution < 1.29 is 38.1 Å². The molecule has 0 bridgehead atoms. The second-order valence-electron chi connectivity index (χ2n) is 2.49. The Balaban J connectivity index is 0. The maximum atomic E-state index is 11.0. The predicted octanol–water partition coefficient (Wildman–Crippen LogP) is -4.28. The normalized spacial score (nSPS) is 20.2. The van der Waals surface area contributed by atoms with Gasteiger partial charge in [0.25, 0.3) is 0 Å². The van der Waals surface area contributed by atoms with Gasteiger partial charge in [-0.15, -0.1) is 0 Å². The van der Waals surface area contributed by atoms with E-state index in [0.29, 0.717) is 0 Å². The van der Waals surface area contributed by atoms with Crippen molar-refractivity contribution in [3.05, 3.63) is 11.6 Å². The number of rotatable bonds is 2. The summed E-state index contributed by atoms with van der Waals surface area (Å²) in [7, 11) is -5.16. The molecule has 0 radical (unpaired) electrons. The van der Waals surface area contributed by atoms with Crippen molar-refractivity contribution in [3.63, 3.8) is 0 Å². The topological polar surface area (TPSA) is 234 Å². The van der Waals surface area contributed by atoms with Gasteiger partial charge in [-0.05, 0) is 0 Å². The fraction of sp³-hybridized carbons (Fsp3) is 0.250. The van der Waals surface area contributed by atoms with Crippen molar-refractivity contribution >= 4 is 16.4 Å². The highest BCUT2D eigenvalue weighted by molar-refractivity contribution is 7.80. The zero-order valence-electron chi connectivity index (χ0n) is 8.08. The summed E-state index contributed by atoms with van der Waals surface area (Å²) >= 11 is 0. The highest BCUT2D eigenvalue weighted by Crippen LogP contribution is 2.12. The van der Waals surface area contributed by atoms with Crippen molar-refractivity contribution in [2.45, 2.75) is 6.17 Å². The number of urea groups is 1. The Hall–Kier alpha value is -1.64. The second kappa shape index (κ2) is 5.62. The molecule has 0 aromatic heterocycles. The number of amides is 2. The molecule has 0 aromatic carbocycles. The number of hydrogen-bond acceptors (Lipinski definition) is 8. The van der Waals surface area contributed by atoms with E-state index in [1.54, 1.807) is 5.32 Å². The van der Waals surface area contributed by atoms with E-state index in [1.165, 1.54) is 0 Å². The van der Waals surface area contributed by atoms with Crippen molar-refractivity contribution in [2.24, 2.45) is 11.5 Å². The standard InChI is InChI=1S/C4H8N4O6S.2H2O/c5-1-2(6)8(14-15(11,12)13)4(10)7-3(1)9;;/h2,9H,5-6H2,(H,7,10)(H,11,12,13);2*1H2/p-1. The van der Waals surface area contributed by atoms with Crippen LogP contribution in [0.4, 0.5) is 4.79 Å². The molecule has 0 aromatic rings. The van der Waals surface area contributed by atoms with Gasteiger partial charge >= 0.3 is 6.03 Å². The third-order valence-corrected chi connectivity index (χ3v) is 1.78. The molecule has 0 saturated carbocycles. The Morgan fingerprint density at radius 2 is 1.94 bits per heavy atom. The first kappa shape index (κ1) is 17.7. The Morgan fingerprint density at radius 1 is 1.47 bits per heavy atom. The molecule has 2 amide bonds. The maximum absolute atomic E-state index is 11.0. The lowest BCUT2D eigenvalue weighted by molar-refractivity contribution is -0.0477. The number of carbonyl (C=O) groups excluding carboxylic acids is 1. The van der Waals surface area contributed by atoms with Gasteiger partial charge in [0.15, 0.2) is 6.17 Å². The van der Waals surface area contributed by atoms with Gasteiger partial charge in [0.1, 0.15) is 5.70 Å². The molecule has 1 rings (SSSR count). The smallest absolute Gasteiger partial charge is 0.351 e. The summed E-state index contributed by atoms with van der Waals surface area (Å²) in [4.78, 5) is 11.0. The zero-order chi connectivity index (χ0) is 11.8. The number of aliphatic hydroxyl groups is 1. The third-order valence-electron chi connectivity index (χ3n) is 1.44. The van der Waals surface area contributed by atoms with Gasteiger partial charge in [0, 0.05) is 0 Å². The molecular weight excluding hydrogens is 264 g/mol. The molecule has 1 unspecified atom stereocenters. The lowest BCUT2D eigenvalue weighted by Crippen LogP contribution is -2.57. The number of nitrogens with two attached hydrogens (primary N) is 2. The van der Waals surface area contributed by atoms with E-state index in [-0.39, 0.29) is 16.0 Å². The monoisotopic (exact) mass is 275 g/mol. The van der Waals surface area contributed by atoms with Crippen LogP contribution in [0.5, 0.6) is 0 Å². The van der Waals surface area contributed by atoms with Crippen molar-refractivity contribution in [1.82, 2.24) is 10.4 Å². The lowest BCUT2D eigenvalue weighted by Gasteiger charge is -2.31. The molecule has 17 heavy (non-hydrogen) atoms. The van der Waals surface area contributed by atoms with E-state index in [9.17, 15) is 17.8 Å². The molecule has 13 heteroatoms. The van der Waals surface area contributed by atoms with Crippen LogP contribution in [0.1, 0.15) is 0 Å². The summed E-state index contributed by atoms with van der Waals surface area (Å²) in [6, 6.07) is -1.23. The Morgan fingerprint density at radius 3 is 2.35 bits per heavy atom. The van der Waals surface area contributed by atoms with Crippen LogP contribution in [-0.4, -0.2) is 46.3 Å². The summed E-state index contributed by atoms with van der Waals surface area (Å²) < 4.78 is 34.3. The summed E-state index contributed by atoms with van der Waals surface area (Å²) in [6.45, 7) is 0. The van der Waals surface area contributed by atoms with Crippen LogP contribution >= 0.6 is 0 Å². The Bertz CT molecular complexity index is 417. The second-order valence-corrected chi connectivity index (χ2v) is 3.45. The van der Waals surface area contributed by atoms with Gasteiger partial charge in [0.05, 0.1) is 0 Å². The molecular formula is C4H11N4O8S-. The van der Waals surface area contributed by atoms with Crippen molar-refractivity contribution in [1.29, 1.82) is 0 Å². The molecule has 0 aliphatic carbocycles. The number of nitrogens with one attached hydrogen (secondary N) is 1. The number of hydrogen-bond donors (Lipinski definition) is 4. The van der Waals surface area contributed by atoms with E-state index >= 15 is 0 Å². The van der Waals surface area contributed by atoms with Crippen molar-refractivity contribution in [3.8, 4) is 0 Å². The number of nitrogens with zero attached hydrogens (tertiary/aromatic N) is 1. The van der Waals surface area contributed by atoms with Crippen LogP contribution in [0.15, 0.2) is 11.6 Å². The quantitative estimate of drug-likeness (QED) is 0.283. The number of carbonyl (C=O) groups is 1. The average molecular weight is 275 g/mol. The summed E-state index contributed by atoms with van der Waals surface area (Å²) in [5, 5.41) is 10.7. The number of aliphatic hydroxyl groups excluding tert-OH is 1. The molecule has 1 heterocycles. The predicted molar refractivity (Wildman–Crippen MR) is 50.2 cm³/mol. The minimum absolute atomic E-state index is 0. The van der Waals surface area contributed by atoms with Gasteiger partial charge in [0.2, 0.25) is 16.3 Å². The van der Waals surface area contributed by atoms with E-state index in [4.69, 9.17) is 16.6 Å². The van der Waals surface area contributed by atoms with Crippen molar-refractivity contribution in [2.75, 3.05) is 0 Å². The Labute approximate surface area is 95.0 Å². The summed E-state index contributed by atoms with van der Waals surface area (Å²) in [5.74, 6) is -0.726. The van der Waals surface area contributed by atoms with Crippen LogP contribution in [0.2, 0.25) is 0 Å². The summed E-state index contributed by atoms with van der Waals surface area (Å²) in [6.07, 6.45) is -1.57. The van der Waals surface area contributed by atoms with Crippen LogP contribution < -0.4 is 16.8 Å². The van der Waals surface area contributed by atoms with E-state index in [2.05, 4.69) is 4.28 Å². The SMILES string of the molecule is NC1=C(O)NC(=O)N(OS(=O)(=O)[O-])C1N.O.O. The van der Waals surface area contributed by atoms with Gasteiger partial charge in [-0.25, -0.2) is 13.2 Å². The highest BCUT2D eigenvalue weighted by atomic mass is 32.3. The molecule has 1 atom stereocenters. The van der Waals surface area contributed by atoms with E-state index in [1.807, 2.05) is 0 Å². The molecule has 1 aliphatic heterocycles. The maximum Gasteiger partial charge on any atom is 0.351 e. The van der Waals surface area contributed by atoms with Gasteiger partial charge in [-0.1, -0.05) is 0 Å². The average Bonchev–Trinajstić information content (AvgIpc) is 2.07. The fourth-order valence-corrected chi connectivity index (χ4v) is 1.16. The highest BCUT2D eigenvalue weighted by Gasteiger charge is 2.33. The Kier molecular flexibility index (Phi) is 5.86. The van der Waals surface area contributed by atoms with E-state index in [0.717, 1.165) is 0 Å². The fourth-order valence-electron chi connectivity index (χ4n) is 0.800. The number of hydroxylamine groups is 2. The van der Waals surface area contributed by atoms with E-state index < -0.39 is 34.2 Å². The first-order valence-corrected chi connectivity index (χ1v) is 4.75. The van der Waals surface area contributed by atoms with Crippen LogP contribution in [0, 0.1) is 0 Å². The molecule has 102 valence electrons.